The van der Waals surface area contributed by atoms with Crippen molar-refractivity contribution in [2.45, 2.75) is 25.2 Å². The van der Waals surface area contributed by atoms with Crippen LogP contribution in [0.3, 0.4) is 0 Å². The molecule has 0 saturated carbocycles. The molecular weight excluding hydrogens is 399 g/mol. The topological polar surface area (TPSA) is 36.9 Å². The van der Waals surface area contributed by atoms with Gasteiger partial charge in [-0.25, -0.2) is 9.07 Å². The molecule has 0 amide bonds. The fourth-order valence-corrected chi connectivity index (χ4v) is 4.60. The molecule has 0 spiro atoms. The number of nitrogens with one attached hydrogen (secondary N) is 1. The minimum Gasteiger partial charge on any atom is -0.361 e. The number of halogens is 2. The van der Waals surface area contributed by atoms with E-state index in [4.69, 9.17) is 11.6 Å². The van der Waals surface area contributed by atoms with Gasteiger partial charge >= 0.3 is 0 Å². The van der Waals surface area contributed by atoms with Gasteiger partial charge in [0.25, 0.3) is 0 Å². The second-order valence-corrected chi connectivity index (χ2v) is 8.51. The summed E-state index contributed by atoms with van der Waals surface area (Å²) >= 11 is 6.21. The number of piperidine rings is 1. The number of H-pyrrole nitrogens is 1. The van der Waals surface area contributed by atoms with Crippen molar-refractivity contribution in [2.75, 3.05) is 19.6 Å². The normalized spacial score (nSPS) is 15.8. The minimum atomic E-state index is -0.231. The summed E-state index contributed by atoms with van der Waals surface area (Å²) in [7, 11) is 0. The number of hydrogen-bond acceptors (Lipinski definition) is 2. The number of likely N-dealkylation sites (tertiary alicyclic amines) is 1. The first-order chi connectivity index (χ1) is 14.7. The van der Waals surface area contributed by atoms with E-state index < -0.39 is 0 Å². The molecule has 0 aliphatic carbocycles. The van der Waals surface area contributed by atoms with Gasteiger partial charge in [0, 0.05) is 34.9 Å². The third-order valence-electron chi connectivity index (χ3n) is 6.15. The molecule has 1 fully saturated rings. The molecule has 1 aliphatic rings. The number of fused-ring (bicyclic) bond motifs is 1. The molecule has 0 bridgehead atoms. The first-order valence-corrected chi connectivity index (χ1v) is 10.8. The van der Waals surface area contributed by atoms with Crippen LogP contribution in [-0.2, 0) is 6.42 Å². The largest absolute Gasteiger partial charge is 0.361 e. The molecule has 0 radical (unpaired) electrons. The second kappa shape index (κ2) is 8.25. The SMILES string of the molecule is Fc1ccc(-n2cc(CCN3CCC(c4c[nH]c5ccc(Cl)cc45)CC3)cn2)cc1. The zero-order chi connectivity index (χ0) is 20.5. The average molecular weight is 423 g/mol. The smallest absolute Gasteiger partial charge is 0.123 e. The molecule has 4 aromatic rings. The van der Waals surface area contributed by atoms with E-state index in [1.54, 1.807) is 12.1 Å². The van der Waals surface area contributed by atoms with E-state index in [9.17, 15) is 4.39 Å². The molecule has 1 aliphatic heterocycles. The molecule has 1 N–H and O–H groups in total. The second-order valence-electron chi connectivity index (χ2n) is 8.07. The average Bonchev–Trinajstić information content (AvgIpc) is 3.40. The van der Waals surface area contributed by atoms with Crippen molar-refractivity contribution in [3.05, 3.63) is 83.0 Å². The van der Waals surface area contributed by atoms with Crippen LogP contribution in [0, 0.1) is 5.82 Å². The first kappa shape index (κ1) is 19.3. The van der Waals surface area contributed by atoms with Gasteiger partial charge in [0.15, 0.2) is 0 Å². The minimum absolute atomic E-state index is 0.231. The molecule has 0 atom stereocenters. The Kier molecular flexibility index (Phi) is 5.32. The summed E-state index contributed by atoms with van der Waals surface area (Å²) in [4.78, 5) is 5.92. The van der Waals surface area contributed by atoms with Crippen LogP contribution in [0.15, 0.2) is 61.1 Å². The van der Waals surface area contributed by atoms with Crippen LogP contribution in [-0.4, -0.2) is 39.3 Å². The van der Waals surface area contributed by atoms with E-state index in [1.165, 1.54) is 28.6 Å². The van der Waals surface area contributed by atoms with E-state index in [0.29, 0.717) is 5.92 Å². The van der Waals surface area contributed by atoms with Crippen molar-refractivity contribution < 1.29 is 4.39 Å². The maximum Gasteiger partial charge on any atom is 0.123 e. The van der Waals surface area contributed by atoms with Gasteiger partial charge in [-0.3, -0.25) is 0 Å². The Morgan fingerprint density at radius 2 is 1.90 bits per heavy atom. The van der Waals surface area contributed by atoms with Crippen molar-refractivity contribution in [3.63, 3.8) is 0 Å². The third-order valence-corrected chi connectivity index (χ3v) is 6.38. The Bertz CT molecular complexity index is 1140. The molecule has 0 unspecified atom stereocenters. The number of aromatic nitrogens is 3. The predicted octanol–water partition coefficient (Wildman–Crippen LogP) is 5.57. The molecule has 2 aromatic carbocycles. The highest BCUT2D eigenvalue weighted by molar-refractivity contribution is 6.31. The number of benzene rings is 2. The number of nitrogens with zero attached hydrogens (tertiary/aromatic N) is 3. The highest BCUT2D eigenvalue weighted by Gasteiger charge is 2.22. The maximum absolute atomic E-state index is 13.1. The quantitative estimate of drug-likeness (QED) is 0.456. The Morgan fingerprint density at radius 3 is 2.70 bits per heavy atom. The predicted molar refractivity (Wildman–Crippen MR) is 119 cm³/mol. The van der Waals surface area contributed by atoms with Crippen LogP contribution in [0.5, 0.6) is 0 Å². The van der Waals surface area contributed by atoms with Crippen LogP contribution in [0.2, 0.25) is 5.02 Å². The first-order valence-electron chi connectivity index (χ1n) is 10.4. The molecule has 4 nitrogen and oxygen atoms in total. The van der Waals surface area contributed by atoms with Crippen molar-refractivity contribution in [1.29, 1.82) is 0 Å². The maximum atomic E-state index is 13.1. The van der Waals surface area contributed by atoms with Gasteiger partial charge in [0.2, 0.25) is 0 Å². The lowest BCUT2D eigenvalue weighted by molar-refractivity contribution is 0.215. The van der Waals surface area contributed by atoms with Crippen molar-refractivity contribution in [1.82, 2.24) is 19.7 Å². The monoisotopic (exact) mass is 422 g/mol. The van der Waals surface area contributed by atoms with Crippen LogP contribution >= 0.6 is 11.6 Å². The van der Waals surface area contributed by atoms with Crippen molar-refractivity contribution in [2.24, 2.45) is 0 Å². The Hall–Kier alpha value is -2.63. The molecule has 2 aromatic heterocycles. The van der Waals surface area contributed by atoms with Crippen molar-refractivity contribution in [3.8, 4) is 5.69 Å². The lowest BCUT2D eigenvalue weighted by atomic mass is 9.89. The summed E-state index contributed by atoms with van der Waals surface area (Å²) in [6.45, 7) is 3.23. The number of hydrogen-bond donors (Lipinski definition) is 1. The highest BCUT2D eigenvalue weighted by atomic mass is 35.5. The van der Waals surface area contributed by atoms with Gasteiger partial charge in [-0.05, 0) is 91.9 Å². The molecular formula is C24H24ClFN4. The summed E-state index contributed by atoms with van der Waals surface area (Å²) in [5, 5.41) is 6.48. The summed E-state index contributed by atoms with van der Waals surface area (Å²) in [6.07, 6.45) is 9.39. The van der Waals surface area contributed by atoms with Gasteiger partial charge in [0.1, 0.15) is 5.82 Å². The van der Waals surface area contributed by atoms with Gasteiger partial charge in [-0.15, -0.1) is 0 Å². The fraction of sp³-hybridized carbons (Fsp3) is 0.292. The van der Waals surface area contributed by atoms with Crippen LogP contribution in [0.1, 0.15) is 29.9 Å². The zero-order valence-corrected chi connectivity index (χ0v) is 17.4. The van der Waals surface area contributed by atoms with E-state index >= 15 is 0 Å². The Balaban J connectivity index is 1.17. The summed E-state index contributed by atoms with van der Waals surface area (Å²) in [6, 6.07) is 12.5. The number of aromatic amines is 1. The van der Waals surface area contributed by atoms with Crippen molar-refractivity contribution >= 4 is 22.5 Å². The van der Waals surface area contributed by atoms with Gasteiger partial charge in [0.05, 0.1) is 11.9 Å². The molecule has 30 heavy (non-hydrogen) atoms. The van der Waals surface area contributed by atoms with E-state index in [2.05, 4.69) is 33.3 Å². The van der Waals surface area contributed by atoms with Gasteiger partial charge < -0.3 is 9.88 Å². The van der Waals surface area contributed by atoms with Gasteiger partial charge in [-0.2, -0.15) is 5.10 Å². The van der Waals surface area contributed by atoms with Gasteiger partial charge in [-0.1, -0.05) is 11.6 Å². The summed E-state index contributed by atoms with van der Waals surface area (Å²) in [5.41, 5.74) is 4.64. The van der Waals surface area contributed by atoms with Crippen LogP contribution in [0.25, 0.3) is 16.6 Å². The molecule has 3 heterocycles. The molecule has 6 heteroatoms. The third kappa shape index (κ3) is 4.00. The molecule has 5 rings (SSSR count). The summed E-state index contributed by atoms with van der Waals surface area (Å²) in [5.74, 6) is 0.347. The zero-order valence-electron chi connectivity index (χ0n) is 16.7. The highest BCUT2D eigenvalue weighted by Crippen LogP contribution is 2.34. The molecule has 154 valence electrons. The standard InChI is InChI=1S/C24H24ClFN4/c25-19-1-6-24-22(13-19)23(15-27-24)18-8-11-29(12-9-18)10-7-17-14-28-30(16-17)21-4-2-20(26)3-5-21/h1-6,13-16,18,27H,7-12H2. The number of rotatable bonds is 5. The Morgan fingerprint density at radius 1 is 1.10 bits per heavy atom. The van der Waals surface area contributed by atoms with E-state index in [1.807, 2.05) is 23.1 Å². The van der Waals surface area contributed by atoms with Crippen LogP contribution < -0.4 is 0 Å². The lowest BCUT2D eigenvalue weighted by Gasteiger charge is -2.31. The van der Waals surface area contributed by atoms with Crippen LogP contribution in [0.4, 0.5) is 4.39 Å². The molecule has 1 saturated heterocycles. The summed E-state index contributed by atoms with van der Waals surface area (Å²) < 4.78 is 14.9. The Labute approximate surface area is 180 Å². The fourth-order valence-electron chi connectivity index (χ4n) is 4.43. The van der Waals surface area contributed by atoms with E-state index in [0.717, 1.165) is 55.1 Å². The lowest BCUT2D eigenvalue weighted by Crippen LogP contribution is -2.34. The van der Waals surface area contributed by atoms with E-state index in [-0.39, 0.29) is 5.82 Å².